The Bertz CT molecular complexity index is 902. The second-order valence-corrected chi connectivity index (χ2v) is 5.13. The number of amides is 2. The van der Waals surface area contributed by atoms with Gasteiger partial charge in [0.1, 0.15) is 11.5 Å². The molecule has 1 aromatic heterocycles. The third kappa shape index (κ3) is 3.06. The molecule has 116 valence electrons. The largest absolute Gasteiger partial charge is 0.366 e. The van der Waals surface area contributed by atoms with Gasteiger partial charge in [0.05, 0.1) is 0 Å². The Balaban J connectivity index is 1.75. The third-order valence-electron chi connectivity index (χ3n) is 3.52. The molecule has 3 aromatic rings. The lowest BCUT2D eigenvalue weighted by Crippen LogP contribution is -2.23. The van der Waals surface area contributed by atoms with E-state index in [0.29, 0.717) is 16.5 Å². The minimum atomic E-state index is -0.524. The van der Waals surface area contributed by atoms with Crippen molar-refractivity contribution in [3.63, 3.8) is 0 Å². The topological polar surface area (TPSA) is 88.0 Å². The fourth-order valence-electron chi connectivity index (χ4n) is 2.35. The second kappa shape index (κ2) is 5.92. The van der Waals surface area contributed by atoms with Crippen LogP contribution in [0.3, 0.4) is 0 Å². The Hall–Kier alpha value is -3.15. The van der Waals surface area contributed by atoms with Crippen molar-refractivity contribution in [2.75, 3.05) is 0 Å². The number of fused-ring (bicyclic) bond motifs is 1. The van der Waals surface area contributed by atoms with Crippen molar-refractivity contribution in [2.24, 2.45) is 5.73 Å². The zero-order chi connectivity index (χ0) is 16.4. The normalized spacial score (nSPS) is 10.7. The Morgan fingerprint density at radius 2 is 1.91 bits per heavy atom. The van der Waals surface area contributed by atoms with E-state index in [9.17, 15) is 14.0 Å². The number of hydrogen-bond donors (Lipinski definition) is 3. The quantitative estimate of drug-likeness (QED) is 0.690. The number of H-pyrrole nitrogens is 1. The van der Waals surface area contributed by atoms with Crippen LogP contribution in [0.15, 0.2) is 48.5 Å². The third-order valence-corrected chi connectivity index (χ3v) is 3.52. The lowest BCUT2D eigenvalue weighted by atomic mass is 10.1. The molecule has 0 atom stereocenters. The van der Waals surface area contributed by atoms with Crippen LogP contribution in [0.5, 0.6) is 0 Å². The Morgan fingerprint density at radius 1 is 1.13 bits per heavy atom. The van der Waals surface area contributed by atoms with Gasteiger partial charge in [0.15, 0.2) is 0 Å². The average molecular weight is 311 g/mol. The molecule has 23 heavy (non-hydrogen) atoms. The molecule has 0 saturated heterocycles. The number of carbonyl (C=O) groups excluding carboxylic acids is 2. The van der Waals surface area contributed by atoms with Gasteiger partial charge in [-0.1, -0.05) is 18.2 Å². The van der Waals surface area contributed by atoms with E-state index in [1.165, 1.54) is 12.1 Å². The molecule has 5 nitrogen and oxygen atoms in total. The maximum atomic E-state index is 13.6. The van der Waals surface area contributed by atoms with Crippen LogP contribution in [0.1, 0.15) is 26.4 Å². The number of hydrogen-bond acceptors (Lipinski definition) is 2. The van der Waals surface area contributed by atoms with Crippen molar-refractivity contribution in [2.45, 2.75) is 6.54 Å². The van der Waals surface area contributed by atoms with Gasteiger partial charge in [-0.05, 0) is 35.9 Å². The first-order chi connectivity index (χ1) is 11.0. The van der Waals surface area contributed by atoms with Crippen molar-refractivity contribution in [3.05, 3.63) is 71.2 Å². The van der Waals surface area contributed by atoms with E-state index in [4.69, 9.17) is 5.73 Å². The van der Waals surface area contributed by atoms with E-state index in [1.807, 2.05) is 0 Å². The Morgan fingerprint density at radius 3 is 2.65 bits per heavy atom. The van der Waals surface area contributed by atoms with Crippen LogP contribution in [0.4, 0.5) is 4.39 Å². The van der Waals surface area contributed by atoms with Crippen LogP contribution in [0.25, 0.3) is 10.9 Å². The molecule has 0 spiro atoms. The Labute approximate surface area is 131 Å². The number of benzene rings is 2. The highest BCUT2D eigenvalue weighted by Crippen LogP contribution is 2.18. The molecule has 3 rings (SSSR count). The van der Waals surface area contributed by atoms with Crippen LogP contribution >= 0.6 is 0 Å². The molecule has 0 radical (unpaired) electrons. The van der Waals surface area contributed by atoms with Gasteiger partial charge in [0, 0.05) is 23.0 Å². The summed E-state index contributed by atoms with van der Waals surface area (Å²) in [5, 5.41) is 3.09. The number of carbonyl (C=O) groups is 2. The summed E-state index contributed by atoms with van der Waals surface area (Å²) >= 11 is 0. The predicted molar refractivity (Wildman–Crippen MR) is 84.4 cm³/mol. The molecule has 1 heterocycles. The molecule has 0 fully saturated rings. The first-order valence-corrected chi connectivity index (χ1v) is 6.99. The van der Waals surface area contributed by atoms with E-state index in [0.717, 1.165) is 5.56 Å². The summed E-state index contributed by atoms with van der Waals surface area (Å²) in [5.41, 5.74) is 7.18. The first-order valence-electron chi connectivity index (χ1n) is 6.99. The van der Waals surface area contributed by atoms with E-state index in [1.54, 1.807) is 36.4 Å². The standard InChI is InChI=1S/C17H14FN3O2/c18-13-5-2-6-14-12(13)8-15(21-14)17(23)20-9-10-3-1-4-11(7-10)16(19)22/h1-8,21H,9H2,(H2,19,22)(H,20,23). The molecule has 0 saturated carbocycles. The van der Waals surface area contributed by atoms with Gasteiger partial charge in [0.2, 0.25) is 5.91 Å². The number of primary amides is 1. The zero-order valence-electron chi connectivity index (χ0n) is 12.1. The molecule has 0 unspecified atom stereocenters. The summed E-state index contributed by atoms with van der Waals surface area (Å²) in [6.07, 6.45) is 0. The number of halogens is 1. The number of nitrogens with one attached hydrogen (secondary N) is 2. The van der Waals surface area contributed by atoms with Crippen LogP contribution in [0, 0.1) is 5.82 Å². The molecule has 0 aliphatic rings. The molecule has 0 bridgehead atoms. The summed E-state index contributed by atoms with van der Waals surface area (Å²) < 4.78 is 13.6. The van der Waals surface area contributed by atoms with Gasteiger partial charge in [-0.15, -0.1) is 0 Å². The van der Waals surface area contributed by atoms with Crippen LogP contribution < -0.4 is 11.1 Å². The highest BCUT2D eigenvalue weighted by atomic mass is 19.1. The molecular weight excluding hydrogens is 297 g/mol. The zero-order valence-corrected chi connectivity index (χ0v) is 12.1. The average Bonchev–Trinajstić information content (AvgIpc) is 2.98. The minimum Gasteiger partial charge on any atom is -0.366 e. The van der Waals surface area contributed by atoms with Crippen molar-refractivity contribution in [3.8, 4) is 0 Å². The second-order valence-electron chi connectivity index (χ2n) is 5.13. The summed E-state index contributed by atoms with van der Waals surface area (Å²) in [7, 11) is 0. The number of aromatic amines is 1. The maximum absolute atomic E-state index is 13.6. The van der Waals surface area contributed by atoms with Gasteiger partial charge in [-0.3, -0.25) is 9.59 Å². The van der Waals surface area contributed by atoms with Gasteiger partial charge < -0.3 is 16.0 Å². The van der Waals surface area contributed by atoms with E-state index in [2.05, 4.69) is 10.3 Å². The van der Waals surface area contributed by atoms with Crippen LogP contribution in [0.2, 0.25) is 0 Å². The summed E-state index contributed by atoms with van der Waals surface area (Å²) in [6.45, 7) is 0.234. The molecular formula is C17H14FN3O2. The summed E-state index contributed by atoms with van der Waals surface area (Å²) in [4.78, 5) is 26.2. The van der Waals surface area contributed by atoms with Crippen molar-refractivity contribution < 1.29 is 14.0 Å². The fraction of sp³-hybridized carbons (Fsp3) is 0.0588. The first kappa shape index (κ1) is 14.8. The molecule has 0 aliphatic carbocycles. The number of aromatic nitrogens is 1. The molecule has 4 N–H and O–H groups in total. The number of nitrogens with two attached hydrogens (primary N) is 1. The summed E-state index contributed by atoms with van der Waals surface area (Å²) in [6, 6.07) is 12.8. The SMILES string of the molecule is NC(=O)c1cccc(CNC(=O)c2cc3c(F)cccc3[nH]2)c1. The molecule has 2 amide bonds. The lowest BCUT2D eigenvalue weighted by molar-refractivity contribution is 0.0946. The van der Waals surface area contributed by atoms with Gasteiger partial charge in [-0.2, -0.15) is 0 Å². The van der Waals surface area contributed by atoms with Gasteiger partial charge in [0.25, 0.3) is 5.91 Å². The highest BCUT2D eigenvalue weighted by Gasteiger charge is 2.11. The van der Waals surface area contributed by atoms with E-state index < -0.39 is 5.91 Å². The van der Waals surface area contributed by atoms with Gasteiger partial charge in [-0.25, -0.2) is 4.39 Å². The Kier molecular flexibility index (Phi) is 3.80. The van der Waals surface area contributed by atoms with Crippen molar-refractivity contribution in [1.29, 1.82) is 0 Å². The molecule has 6 heteroatoms. The van der Waals surface area contributed by atoms with Gasteiger partial charge >= 0.3 is 0 Å². The minimum absolute atomic E-state index is 0.234. The van der Waals surface area contributed by atoms with Crippen LogP contribution in [-0.4, -0.2) is 16.8 Å². The molecule has 2 aromatic carbocycles. The van der Waals surface area contributed by atoms with E-state index >= 15 is 0 Å². The monoisotopic (exact) mass is 311 g/mol. The lowest BCUT2D eigenvalue weighted by Gasteiger charge is -2.05. The smallest absolute Gasteiger partial charge is 0.267 e. The number of rotatable bonds is 4. The maximum Gasteiger partial charge on any atom is 0.267 e. The fourth-order valence-corrected chi connectivity index (χ4v) is 2.35. The van der Waals surface area contributed by atoms with Crippen LogP contribution in [-0.2, 0) is 6.54 Å². The highest BCUT2D eigenvalue weighted by molar-refractivity contribution is 5.98. The molecule has 0 aliphatic heterocycles. The summed E-state index contributed by atoms with van der Waals surface area (Å²) in [5.74, 6) is -1.26. The predicted octanol–water partition coefficient (Wildman–Crippen LogP) is 2.34. The van der Waals surface area contributed by atoms with E-state index in [-0.39, 0.29) is 24.0 Å². The van der Waals surface area contributed by atoms with Crippen molar-refractivity contribution in [1.82, 2.24) is 10.3 Å². The van der Waals surface area contributed by atoms with Crippen molar-refractivity contribution >= 4 is 22.7 Å².